The molecule has 3 aromatic carbocycles. The fourth-order valence-electron chi connectivity index (χ4n) is 4.50. The van der Waals surface area contributed by atoms with Gasteiger partial charge in [0.25, 0.3) is 0 Å². The van der Waals surface area contributed by atoms with Gasteiger partial charge in [0.2, 0.25) is 10.0 Å². The maximum Gasteiger partial charge on any atom is 0.243 e. The summed E-state index contributed by atoms with van der Waals surface area (Å²) in [4.78, 5) is 5.30. The van der Waals surface area contributed by atoms with Gasteiger partial charge in [-0.3, -0.25) is 0 Å². The molecule has 0 aliphatic carbocycles. The molecule has 37 heavy (non-hydrogen) atoms. The van der Waals surface area contributed by atoms with Crippen LogP contribution in [-0.2, 0) is 16.6 Å². The van der Waals surface area contributed by atoms with E-state index in [1.54, 1.807) is 28.6 Å². The second-order valence-electron chi connectivity index (χ2n) is 9.37. The summed E-state index contributed by atoms with van der Waals surface area (Å²) in [5, 5.41) is 0.619. The number of halogens is 1. The molecule has 2 N–H and O–H groups in total. The van der Waals surface area contributed by atoms with Crippen LogP contribution in [0.25, 0.3) is 11.3 Å². The van der Waals surface area contributed by atoms with Crippen molar-refractivity contribution in [2.75, 3.05) is 13.1 Å². The molecule has 194 valence electrons. The minimum Gasteiger partial charge on any atom is -0.330 e. The third-order valence-electron chi connectivity index (χ3n) is 6.26. The first kappa shape index (κ1) is 27.1. The Morgan fingerprint density at radius 1 is 0.973 bits per heavy atom. The Balaban J connectivity index is 1.88. The summed E-state index contributed by atoms with van der Waals surface area (Å²) in [5.41, 5.74) is 8.57. The van der Waals surface area contributed by atoms with E-state index in [0.717, 1.165) is 16.8 Å². The van der Waals surface area contributed by atoms with Crippen molar-refractivity contribution < 1.29 is 8.42 Å². The molecule has 4 aromatic rings. The average Bonchev–Trinajstić information content (AvgIpc) is 3.30. The lowest BCUT2D eigenvalue weighted by Crippen LogP contribution is -2.40. The second-order valence-corrected chi connectivity index (χ2v) is 11.7. The van der Waals surface area contributed by atoms with Crippen molar-refractivity contribution >= 4 is 21.6 Å². The van der Waals surface area contributed by atoms with Crippen molar-refractivity contribution in [3.8, 4) is 11.3 Å². The number of sulfonamides is 1. The van der Waals surface area contributed by atoms with Gasteiger partial charge in [-0.1, -0.05) is 86.1 Å². The summed E-state index contributed by atoms with van der Waals surface area (Å²) in [6.45, 7) is 5.30. The molecule has 8 heteroatoms. The van der Waals surface area contributed by atoms with Gasteiger partial charge in [-0.25, -0.2) is 13.4 Å². The van der Waals surface area contributed by atoms with Gasteiger partial charge in [-0.05, 0) is 48.7 Å². The monoisotopic (exact) mass is 536 g/mol. The normalized spacial score (nSPS) is 12.8. The van der Waals surface area contributed by atoms with Crippen LogP contribution in [0.5, 0.6) is 0 Å². The van der Waals surface area contributed by atoms with Gasteiger partial charge in [-0.2, -0.15) is 4.31 Å². The van der Waals surface area contributed by atoms with Gasteiger partial charge in [-0.15, -0.1) is 0 Å². The first-order chi connectivity index (χ1) is 17.8. The van der Waals surface area contributed by atoms with E-state index in [4.69, 9.17) is 22.3 Å². The average molecular weight is 537 g/mol. The van der Waals surface area contributed by atoms with Crippen molar-refractivity contribution in [3.05, 3.63) is 108 Å². The van der Waals surface area contributed by atoms with Crippen LogP contribution in [0.3, 0.4) is 0 Å². The number of imidazole rings is 1. The number of hydrogen-bond donors (Lipinski definition) is 1. The minimum atomic E-state index is -3.81. The SMILES string of the molecule is CC(C)C(c1nc(-c2cccc(Cl)c2)cn1Cc1ccccc1)N(CCCN)S(=O)(=O)c1ccccc1. The molecule has 1 unspecified atom stereocenters. The van der Waals surface area contributed by atoms with Gasteiger partial charge < -0.3 is 10.3 Å². The smallest absolute Gasteiger partial charge is 0.243 e. The third kappa shape index (κ3) is 6.30. The van der Waals surface area contributed by atoms with Gasteiger partial charge in [0.15, 0.2) is 0 Å². The van der Waals surface area contributed by atoms with Crippen LogP contribution < -0.4 is 5.73 Å². The van der Waals surface area contributed by atoms with Crippen LogP contribution in [0, 0.1) is 5.92 Å². The Kier molecular flexibility index (Phi) is 8.82. The maximum absolute atomic E-state index is 14.0. The van der Waals surface area contributed by atoms with E-state index < -0.39 is 16.1 Å². The molecule has 0 saturated heterocycles. The first-order valence-electron chi connectivity index (χ1n) is 12.4. The highest BCUT2D eigenvalue weighted by Crippen LogP contribution is 2.35. The lowest BCUT2D eigenvalue weighted by atomic mass is 10.0. The number of rotatable bonds is 11. The Bertz CT molecular complexity index is 1410. The van der Waals surface area contributed by atoms with Crippen LogP contribution in [0.15, 0.2) is 96.0 Å². The molecule has 0 saturated carbocycles. The molecule has 0 aliphatic rings. The molecular formula is C29H33ClN4O2S. The second kappa shape index (κ2) is 12.0. The lowest BCUT2D eigenvalue weighted by molar-refractivity contribution is 0.244. The molecule has 0 radical (unpaired) electrons. The molecule has 1 aromatic heterocycles. The van der Waals surface area contributed by atoms with Crippen LogP contribution in [0.2, 0.25) is 5.02 Å². The number of nitrogens with two attached hydrogens (primary N) is 1. The van der Waals surface area contributed by atoms with E-state index in [0.29, 0.717) is 36.9 Å². The number of aromatic nitrogens is 2. The van der Waals surface area contributed by atoms with Crippen LogP contribution >= 0.6 is 11.6 Å². The van der Waals surface area contributed by atoms with Crippen molar-refractivity contribution in [3.63, 3.8) is 0 Å². The highest BCUT2D eigenvalue weighted by atomic mass is 35.5. The van der Waals surface area contributed by atoms with Gasteiger partial charge >= 0.3 is 0 Å². The van der Waals surface area contributed by atoms with Crippen LogP contribution in [0.1, 0.15) is 37.7 Å². The van der Waals surface area contributed by atoms with Crippen LogP contribution in [-0.4, -0.2) is 35.4 Å². The molecule has 0 amide bonds. The van der Waals surface area contributed by atoms with Crippen LogP contribution in [0.4, 0.5) is 0 Å². The molecule has 1 heterocycles. The maximum atomic E-state index is 14.0. The number of benzene rings is 3. The zero-order valence-electron chi connectivity index (χ0n) is 21.2. The Morgan fingerprint density at radius 2 is 1.65 bits per heavy atom. The van der Waals surface area contributed by atoms with Gasteiger partial charge in [0.05, 0.1) is 16.6 Å². The summed E-state index contributed by atoms with van der Waals surface area (Å²) in [5.74, 6) is 0.630. The molecule has 0 fully saturated rings. The molecule has 0 bridgehead atoms. The summed E-state index contributed by atoms with van der Waals surface area (Å²) in [6.07, 6.45) is 2.52. The quantitative estimate of drug-likeness (QED) is 0.255. The summed E-state index contributed by atoms with van der Waals surface area (Å²) in [7, 11) is -3.81. The fourth-order valence-corrected chi connectivity index (χ4v) is 6.47. The summed E-state index contributed by atoms with van der Waals surface area (Å²) >= 11 is 6.29. The molecule has 1 atom stereocenters. The third-order valence-corrected chi connectivity index (χ3v) is 8.39. The zero-order valence-corrected chi connectivity index (χ0v) is 22.7. The predicted molar refractivity (Wildman–Crippen MR) is 150 cm³/mol. The number of nitrogens with zero attached hydrogens (tertiary/aromatic N) is 3. The fraction of sp³-hybridized carbons (Fsp3) is 0.276. The van der Waals surface area contributed by atoms with E-state index in [1.165, 1.54) is 0 Å². The standard InChI is InChI=1S/C29H33ClN4O2S/c1-22(2)28(34(18-10-17-31)37(35,36)26-15-7-4-8-16-26)29-32-27(24-13-9-14-25(30)19-24)21-33(29)20-23-11-5-3-6-12-23/h3-9,11-16,19,21-22,28H,10,17-18,20,31H2,1-2H3. The van der Waals surface area contributed by atoms with Gasteiger partial charge in [0.1, 0.15) is 5.82 Å². The predicted octanol–water partition coefficient (Wildman–Crippen LogP) is 5.99. The summed E-state index contributed by atoms with van der Waals surface area (Å²) in [6, 6.07) is 25.7. The molecule has 4 rings (SSSR count). The first-order valence-corrected chi connectivity index (χ1v) is 14.3. The van der Waals surface area contributed by atoms with Gasteiger partial charge in [0, 0.05) is 29.9 Å². The highest BCUT2D eigenvalue weighted by Gasteiger charge is 2.37. The van der Waals surface area contributed by atoms with Crippen molar-refractivity contribution in [2.45, 2.75) is 37.8 Å². The minimum absolute atomic E-state index is 0.0552. The van der Waals surface area contributed by atoms with Crippen molar-refractivity contribution in [1.82, 2.24) is 13.9 Å². The topological polar surface area (TPSA) is 81.2 Å². The molecular weight excluding hydrogens is 504 g/mol. The molecule has 6 nitrogen and oxygen atoms in total. The Hall–Kier alpha value is -2.97. The van der Waals surface area contributed by atoms with E-state index in [1.807, 2.05) is 68.6 Å². The molecule has 0 aliphatic heterocycles. The number of hydrogen-bond acceptors (Lipinski definition) is 4. The largest absolute Gasteiger partial charge is 0.330 e. The molecule has 0 spiro atoms. The summed E-state index contributed by atoms with van der Waals surface area (Å²) < 4.78 is 31.6. The van der Waals surface area contributed by atoms with E-state index >= 15 is 0 Å². The van der Waals surface area contributed by atoms with Crippen molar-refractivity contribution in [2.24, 2.45) is 11.7 Å². The lowest BCUT2D eigenvalue weighted by Gasteiger charge is -2.33. The Morgan fingerprint density at radius 3 is 2.27 bits per heavy atom. The van der Waals surface area contributed by atoms with E-state index in [-0.39, 0.29) is 10.8 Å². The van der Waals surface area contributed by atoms with Crippen molar-refractivity contribution in [1.29, 1.82) is 0 Å². The Labute approximate surface area is 224 Å². The highest BCUT2D eigenvalue weighted by molar-refractivity contribution is 7.89. The van der Waals surface area contributed by atoms with E-state index in [9.17, 15) is 8.42 Å². The zero-order chi connectivity index (χ0) is 26.4. The van der Waals surface area contributed by atoms with E-state index in [2.05, 4.69) is 16.7 Å².